The van der Waals surface area contributed by atoms with E-state index in [2.05, 4.69) is 5.32 Å². The minimum absolute atomic E-state index is 0.212. The van der Waals surface area contributed by atoms with E-state index >= 15 is 0 Å². The molecule has 114 valence electrons. The predicted molar refractivity (Wildman–Crippen MR) is 76.3 cm³/mol. The summed E-state index contributed by atoms with van der Waals surface area (Å²) in [5, 5.41) is 2.78. The lowest BCUT2D eigenvalue weighted by Crippen LogP contribution is -2.56. The summed E-state index contributed by atoms with van der Waals surface area (Å²) >= 11 is 0. The maximum absolute atomic E-state index is 13.2. The molecule has 2 rings (SSSR count). The molecule has 1 amide bonds. The van der Waals surface area contributed by atoms with Gasteiger partial charge in [-0.25, -0.2) is 9.18 Å². The van der Waals surface area contributed by atoms with Crippen LogP contribution in [0.5, 0.6) is 0 Å². The zero-order chi connectivity index (χ0) is 15.3. The van der Waals surface area contributed by atoms with Gasteiger partial charge in [0.05, 0.1) is 6.61 Å². The van der Waals surface area contributed by atoms with Crippen molar-refractivity contribution in [3.63, 3.8) is 0 Å². The number of rotatable bonds is 4. The number of carbonyl (C=O) groups excluding carboxylic acids is 2. The Kier molecular flexibility index (Phi) is 4.94. The van der Waals surface area contributed by atoms with Gasteiger partial charge in [-0.2, -0.15) is 0 Å². The van der Waals surface area contributed by atoms with E-state index in [1.165, 1.54) is 18.2 Å². The minimum atomic E-state index is -0.975. The molecule has 0 bridgehead atoms. The fourth-order valence-electron chi connectivity index (χ4n) is 2.72. The third-order valence-corrected chi connectivity index (χ3v) is 3.81. The van der Waals surface area contributed by atoms with Crippen LogP contribution in [0, 0.1) is 5.82 Å². The quantitative estimate of drug-likeness (QED) is 0.868. The molecule has 1 aromatic carbocycles. The van der Waals surface area contributed by atoms with Gasteiger partial charge in [0.25, 0.3) is 5.91 Å². The molecule has 0 unspecified atom stereocenters. The van der Waals surface area contributed by atoms with Crippen LogP contribution in [0.3, 0.4) is 0 Å². The Hall–Kier alpha value is -1.91. The van der Waals surface area contributed by atoms with Crippen LogP contribution in [0.4, 0.5) is 4.39 Å². The van der Waals surface area contributed by atoms with Gasteiger partial charge in [-0.1, -0.05) is 25.3 Å². The molecular weight excluding hydrogens is 273 g/mol. The van der Waals surface area contributed by atoms with Gasteiger partial charge in [0.15, 0.2) is 0 Å². The molecule has 0 atom stereocenters. The summed E-state index contributed by atoms with van der Waals surface area (Å²) in [4.78, 5) is 24.5. The Balaban J connectivity index is 2.18. The van der Waals surface area contributed by atoms with Crippen molar-refractivity contribution in [2.45, 2.75) is 44.6 Å². The molecule has 0 radical (unpaired) electrons. The lowest BCUT2D eigenvalue weighted by Gasteiger charge is -2.35. The fourth-order valence-corrected chi connectivity index (χ4v) is 2.72. The molecule has 1 N–H and O–H groups in total. The summed E-state index contributed by atoms with van der Waals surface area (Å²) in [6, 6.07) is 5.44. The first-order valence-corrected chi connectivity index (χ1v) is 7.33. The second-order valence-corrected chi connectivity index (χ2v) is 5.33. The number of hydrogen-bond acceptors (Lipinski definition) is 3. The standard InChI is InChI=1S/C16H20FNO3/c1-2-21-15(20)16(9-4-3-5-10-16)18-14(19)12-7-6-8-13(17)11-12/h6-8,11H,2-5,9-10H2,1H3,(H,18,19). The van der Waals surface area contributed by atoms with Crippen molar-refractivity contribution in [1.29, 1.82) is 0 Å². The number of hydrogen-bond donors (Lipinski definition) is 1. The number of halogens is 1. The molecule has 1 saturated carbocycles. The zero-order valence-electron chi connectivity index (χ0n) is 12.2. The van der Waals surface area contributed by atoms with Crippen molar-refractivity contribution >= 4 is 11.9 Å². The molecule has 21 heavy (non-hydrogen) atoms. The van der Waals surface area contributed by atoms with E-state index in [-0.39, 0.29) is 12.2 Å². The molecule has 1 aliphatic rings. The number of amides is 1. The molecule has 0 heterocycles. The molecule has 0 spiro atoms. The van der Waals surface area contributed by atoms with E-state index in [1.807, 2.05) is 0 Å². The average Bonchev–Trinajstić information content (AvgIpc) is 2.48. The van der Waals surface area contributed by atoms with Gasteiger partial charge in [0, 0.05) is 5.56 Å². The highest BCUT2D eigenvalue weighted by Gasteiger charge is 2.42. The van der Waals surface area contributed by atoms with Crippen molar-refractivity contribution < 1.29 is 18.7 Å². The van der Waals surface area contributed by atoms with Crippen molar-refractivity contribution in [2.24, 2.45) is 0 Å². The molecule has 5 heteroatoms. The summed E-state index contributed by atoms with van der Waals surface area (Å²) in [5.74, 6) is -1.31. The highest BCUT2D eigenvalue weighted by atomic mass is 19.1. The summed E-state index contributed by atoms with van der Waals surface area (Å²) in [5.41, 5.74) is -0.762. The Morgan fingerprint density at radius 1 is 1.29 bits per heavy atom. The summed E-state index contributed by atoms with van der Waals surface area (Å²) in [7, 11) is 0. The third kappa shape index (κ3) is 3.60. The van der Waals surface area contributed by atoms with E-state index in [1.54, 1.807) is 6.92 Å². The first-order valence-electron chi connectivity index (χ1n) is 7.33. The van der Waals surface area contributed by atoms with Gasteiger partial charge in [-0.15, -0.1) is 0 Å². The SMILES string of the molecule is CCOC(=O)C1(NC(=O)c2cccc(F)c2)CCCCC1. The third-order valence-electron chi connectivity index (χ3n) is 3.81. The number of ether oxygens (including phenoxy) is 1. The van der Waals surface area contributed by atoms with Gasteiger partial charge in [0.1, 0.15) is 11.4 Å². The van der Waals surface area contributed by atoms with Crippen LogP contribution in [0.2, 0.25) is 0 Å². The fraction of sp³-hybridized carbons (Fsp3) is 0.500. The highest BCUT2D eigenvalue weighted by molar-refractivity contribution is 5.98. The van der Waals surface area contributed by atoms with Gasteiger partial charge in [-0.05, 0) is 38.0 Å². The smallest absolute Gasteiger partial charge is 0.331 e. The maximum Gasteiger partial charge on any atom is 0.331 e. The van der Waals surface area contributed by atoms with E-state index in [9.17, 15) is 14.0 Å². The summed E-state index contributed by atoms with van der Waals surface area (Å²) in [6.07, 6.45) is 3.89. The Bertz CT molecular complexity index is 524. The van der Waals surface area contributed by atoms with Crippen molar-refractivity contribution in [3.8, 4) is 0 Å². The average molecular weight is 293 g/mol. The molecule has 0 aliphatic heterocycles. The Morgan fingerprint density at radius 3 is 2.62 bits per heavy atom. The van der Waals surface area contributed by atoms with Crippen LogP contribution in [-0.2, 0) is 9.53 Å². The number of nitrogens with one attached hydrogen (secondary N) is 1. The number of esters is 1. The summed E-state index contributed by atoms with van der Waals surface area (Å²) in [6.45, 7) is 2.01. The topological polar surface area (TPSA) is 55.4 Å². The first kappa shape index (κ1) is 15.5. The lowest BCUT2D eigenvalue weighted by molar-refractivity contribution is -0.152. The maximum atomic E-state index is 13.2. The first-order chi connectivity index (χ1) is 10.1. The highest BCUT2D eigenvalue weighted by Crippen LogP contribution is 2.30. The van der Waals surface area contributed by atoms with Crippen molar-refractivity contribution in [2.75, 3.05) is 6.61 Å². The van der Waals surface area contributed by atoms with Crippen LogP contribution in [0.15, 0.2) is 24.3 Å². The largest absolute Gasteiger partial charge is 0.464 e. The number of benzene rings is 1. The van der Waals surface area contributed by atoms with Gasteiger partial charge in [-0.3, -0.25) is 4.79 Å². The van der Waals surface area contributed by atoms with Crippen LogP contribution in [0.1, 0.15) is 49.4 Å². The zero-order valence-corrected chi connectivity index (χ0v) is 12.2. The van der Waals surface area contributed by atoms with Gasteiger partial charge in [0.2, 0.25) is 0 Å². The van der Waals surface area contributed by atoms with Crippen LogP contribution in [0.25, 0.3) is 0 Å². The molecule has 0 saturated heterocycles. The minimum Gasteiger partial charge on any atom is -0.464 e. The monoisotopic (exact) mass is 293 g/mol. The van der Waals surface area contributed by atoms with Crippen LogP contribution >= 0.6 is 0 Å². The van der Waals surface area contributed by atoms with E-state index in [0.29, 0.717) is 12.8 Å². The molecule has 1 fully saturated rings. The van der Waals surface area contributed by atoms with E-state index in [4.69, 9.17) is 4.74 Å². The van der Waals surface area contributed by atoms with E-state index in [0.717, 1.165) is 25.3 Å². The number of carbonyl (C=O) groups is 2. The lowest BCUT2D eigenvalue weighted by atomic mass is 9.81. The Labute approximate surface area is 123 Å². The van der Waals surface area contributed by atoms with Crippen LogP contribution in [-0.4, -0.2) is 24.0 Å². The van der Waals surface area contributed by atoms with Gasteiger partial charge >= 0.3 is 5.97 Å². The second-order valence-electron chi connectivity index (χ2n) is 5.33. The van der Waals surface area contributed by atoms with Crippen molar-refractivity contribution in [3.05, 3.63) is 35.6 Å². The molecular formula is C16H20FNO3. The molecule has 4 nitrogen and oxygen atoms in total. The van der Waals surface area contributed by atoms with Crippen LogP contribution < -0.4 is 5.32 Å². The van der Waals surface area contributed by atoms with Crippen molar-refractivity contribution in [1.82, 2.24) is 5.32 Å². The summed E-state index contributed by atoms with van der Waals surface area (Å²) < 4.78 is 18.3. The second kappa shape index (κ2) is 6.70. The molecule has 1 aliphatic carbocycles. The molecule has 1 aromatic rings. The normalized spacial score (nSPS) is 17.0. The Morgan fingerprint density at radius 2 is 2.00 bits per heavy atom. The molecule has 0 aromatic heterocycles. The van der Waals surface area contributed by atoms with Gasteiger partial charge < -0.3 is 10.1 Å². The van der Waals surface area contributed by atoms with E-state index < -0.39 is 23.2 Å². The predicted octanol–water partition coefficient (Wildman–Crippen LogP) is 2.82.